The number of carbonyl (C=O) groups is 1. The molecule has 0 saturated carbocycles. The Balaban J connectivity index is 1.54. The van der Waals surface area contributed by atoms with Gasteiger partial charge in [0.25, 0.3) is 5.91 Å². The Morgan fingerprint density at radius 3 is 2.36 bits per heavy atom. The Kier molecular flexibility index (Phi) is 8.19. The van der Waals surface area contributed by atoms with Gasteiger partial charge in [-0.3, -0.25) is 14.5 Å². The molecule has 42 heavy (non-hydrogen) atoms. The average molecular weight is 590 g/mol. The third kappa shape index (κ3) is 6.09. The number of piperazine rings is 1. The molecular weight excluding hydrogens is 558 g/mol. The predicted octanol–water partition coefficient (Wildman–Crippen LogP) is 3.61. The lowest BCUT2D eigenvalue weighted by Crippen LogP contribution is -2.55. The third-order valence-corrected chi connectivity index (χ3v) is 7.77. The molecular formula is C28H31F4N7O3. The van der Waals surface area contributed by atoms with Crippen LogP contribution in [0.2, 0.25) is 0 Å². The molecule has 0 bridgehead atoms. The van der Waals surface area contributed by atoms with E-state index < -0.39 is 34.6 Å². The lowest BCUT2D eigenvalue weighted by atomic mass is 10.0. The first-order valence-electron chi connectivity index (χ1n) is 13.5. The molecule has 2 unspecified atom stereocenters. The number of amides is 1. The maximum Gasteiger partial charge on any atom is 0.417 e. The molecule has 5 rings (SSSR count). The summed E-state index contributed by atoms with van der Waals surface area (Å²) >= 11 is 0. The number of likely N-dealkylation sites (N-methyl/N-ethyl adjacent to an activating group) is 1. The minimum atomic E-state index is -4.95. The molecule has 2 aliphatic heterocycles. The molecule has 0 radical (unpaired) electrons. The molecule has 14 heteroatoms. The highest BCUT2D eigenvalue weighted by molar-refractivity contribution is 6.07. The number of aromatic nitrogens is 3. The highest BCUT2D eigenvalue weighted by atomic mass is 19.4. The van der Waals surface area contributed by atoms with Crippen molar-refractivity contribution in [1.29, 1.82) is 0 Å². The Labute approximate surface area is 239 Å². The summed E-state index contributed by atoms with van der Waals surface area (Å²) in [5.74, 6) is -1.14. The molecule has 2 fully saturated rings. The van der Waals surface area contributed by atoms with E-state index in [2.05, 4.69) is 25.4 Å². The molecule has 1 aromatic carbocycles. The highest BCUT2D eigenvalue weighted by Gasteiger charge is 2.36. The second-order valence-corrected chi connectivity index (χ2v) is 10.6. The first kappa shape index (κ1) is 29.5. The van der Waals surface area contributed by atoms with Crippen LogP contribution in [-0.4, -0.2) is 84.5 Å². The topological polar surface area (TPSA) is 107 Å². The van der Waals surface area contributed by atoms with E-state index in [1.807, 2.05) is 30.7 Å². The molecule has 2 saturated heterocycles. The number of alkyl halides is 3. The number of halogens is 4. The molecule has 2 aromatic heterocycles. The number of ether oxygens (including phenoxy) is 1. The summed E-state index contributed by atoms with van der Waals surface area (Å²) in [7, 11) is 1.98. The zero-order chi connectivity index (χ0) is 30.2. The molecule has 0 spiro atoms. The van der Waals surface area contributed by atoms with Crippen LogP contribution < -0.4 is 20.7 Å². The zero-order valence-corrected chi connectivity index (χ0v) is 23.3. The van der Waals surface area contributed by atoms with Crippen molar-refractivity contribution in [2.75, 3.05) is 61.6 Å². The van der Waals surface area contributed by atoms with E-state index in [0.29, 0.717) is 57.0 Å². The number of hydrogen-bond acceptors (Lipinski definition) is 8. The monoisotopic (exact) mass is 589 g/mol. The van der Waals surface area contributed by atoms with Crippen molar-refractivity contribution < 1.29 is 27.1 Å². The van der Waals surface area contributed by atoms with E-state index in [4.69, 9.17) is 4.74 Å². The van der Waals surface area contributed by atoms with E-state index >= 15 is 4.39 Å². The number of nitrogens with one attached hydrogen (secondary N) is 2. The third-order valence-electron chi connectivity index (χ3n) is 7.77. The molecule has 224 valence electrons. The van der Waals surface area contributed by atoms with Crippen LogP contribution in [-0.2, 0) is 10.9 Å². The number of benzene rings is 1. The smallest absolute Gasteiger partial charge is 0.378 e. The number of H-pyrrole nitrogens is 1. The van der Waals surface area contributed by atoms with Gasteiger partial charge in [-0.05, 0) is 39.1 Å². The SMILES string of the molecule is CC1CN(c2cc(F)c(-c3ccc(N4CCOCC4)nn3)cc2NC(=O)c2c[nH]c(=O)cc2C(F)(F)F)CC(C)N1C. The fourth-order valence-corrected chi connectivity index (χ4v) is 5.24. The second kappa shape index (κ2) is 11.7. The minimum absolute atomic E-state index is 0.0165. The highest BCUT2D eigenvalue weighted by Crippen LogP contribution is 2.37. The van der Waals surface area contributed by atoms with Gasteiger partial charge in [0.15, 0.2) is 5.82 Å². The second-order valence-electron chi connectivity index (χ2n) is 10.6. The summed E-state index contributed by atoms with van der Waals surface area (Å²) in [5, 5.41) is 11.0. The normalized spacial score (nSPS) is 20.1. The summed E-state index contributed by atoms with van der Waals surface area (Å²) in [4.78, 5) is 33.1. The van der Waals surface area contributed by atoms with Gasteiger partial charge in [0.05, 0.1) is 41.4 Å². The van der Waals surface area contributed by atoms with Crippen LogP contribution in [0.4, 0.5) is 34.8 Å². The Morgan fingerprint density at radius 2 is 1.74 bits per heavy atom. The van der Waals surface area contributed by atoms with Gasteiger partial charge in [0.1, 0.15) is 5.82 Å². The summed E-state index contributed by atoms with van der Waals surface area (Å²) in [5.41, 5.74) is -2.53. The van der Waals surface area contributed by atoms with E-state index in [-0.39, 0.29) is 29.0 Å². The Morgan fingerprint density at radius 1 is 1.05 bits per heavy atom. The molecule has 2 aliphatic rings. The van der Waals surface area contributed by atoms with Crippen molar-refractivity contribution >= 4 is 23.1 Å². The van der Waals surface area contributed by atoms with Gasteiger partial charge in [-0.1, -0.05) is 0 Å². The average Bonchev–Trinajstić information content (AvgIpc) is 2.96. The van der Waals surface area contributed by atoms with Gasteiger partial charge < -0.3 is 24.8 Å². The number of nitrogens with zero attached hydrogens (tertiary/aromatic N) is 5. The molecule has 4 heterocycles. The summed E-state index contributed by atoms with van der Waals surface area (Å²) in [6.07, 6.45) is -4.22. The molecule has 1 amide bonds. The first-order chi connectivity index (χ1) is 19.9. The van der Waals surface area contributed by atoms with Crippen LogP contribution in [0.15, 0.2) is 41.3 Å². The van der Waals surface area contributed by atoms with Gasteiger partial charge in [-0.15, -0.1) is 10.2 Å². The van der Waals surface area contributed by atoms with Crippen molar-refractivity contribution in [2.24, 2.45) is 0 Å². The van der Waals surface area contributed by atoms with E-state index in [1.54, 1.807) is 12.1 Å². The number of rotatable bonds is 5. The fraction of sp³-hybridized carbons (Fsp3) is 0.429. The van der Waals surface area contributed by atoms with Gasteiger partial charge in [-0.25, -0.2) is 4.39 Å². The van der Waals surface area contributed by atoms with Crippen LogP contribution in [0.1, 0.15) is 29.8 Å². The van der Waals surface area contributed by atoms with Crippen LogP contribution in [0.25, 0.3) is 11.3 Å². The summed E-state index contributed by atoms with van der Waals surface area (Å²) < 4.78 is 62.2. The van der Waals surface area contributed by atoms with Crippen molar-refractivity contribution in [2.45, 2.75) is 32.1 Å². The number of carbonyl (C=O) groups excluding carboxylic acids is 1. The fourth-order valence-electron chi connectivity index (χ4n) is 5.24. The van der Waals surface area contributed by atoms with Crippen molar-refractivity contribution in [3.63, 3.8) is 0 Å². The maximum atomic E-state index is 15.7. The van der Waals surface area contributed by atoms with Crippen molar-refractivity contribution in [3.05, 3.63) is 63.8 Å². The van der Waals surface area contributed by atoms with E-state index in [0.717, 1.165) is 6.20 Å². The number of hydrogen-bond donors (Lipinski definition) is 2. The van der Waals surface area contributed by atoms with Crippen LogP contribution in [0, 0.1) is 5.82 Å². The number of pyridine rings is 1. The molecule has 2 atom stereocenters. The Hall–Kier alpha value is -4.04. The minimum Gasteiger partial charge on any atom is -0.378 e. The quantitative estimate of drug-likeness (QED) is 0.435. The van der Waals surface area contributed by atoms with Gasteiger partial charge in [0.2, 0.25) is 5.56 Å². The van der Waals surface area contributed by atoms with Gasteiger partial charge in [-0.2, -0.15) is 13.2 Å². The predicted molar refractivity (Wildman–Crippen MR) is 149 cm³/mol. The molecule has 10 nitrogen and oxygen atoms in total. The number of aromatic amines is 1. The lowest BCUT2D eigenvalue weighted by molar-refractivity contribution is -0.138. The molecule has 0 aliphatic carbocycles. The summed E-state index contributed by atoms with van der Waals surface area (Å²) in [6.45, 7) is 7.38. The molecule has 3 aromatic rings. The molecule has 2 N–H and O–H groups in total. The number of morpholine rings is 1. The van der Waals surface area contributed by atoms with Crippen molar-refractivity contribution in [3.8, 4) is 11.3 Å². The largest absolute Gasteiger partial charge is 0.417 e. The Bertz CT molecular complexity index is 1490. The van der Waals surface area contributed by atoms with Crippen molar-refractivity contribution in [1.82, 2.24) is 20.1 Å². The van der Waals surface area contributed by atoms with Crippen LogP contribution in [0.5, 0.6) is 0 Å². The van der Waals surface area contributed by atoms with Gasteiger partial charge >= 0.3 is 6.18 Å². The maximum absolute atomic E-state index is 15.7. The lowest BCUT2D eigenvalue weighted by Gasteiger charge is -2.44. The van der Waals surface area contributed by atoms with E-state index in [9.17, 15) is 22.8 Å². The van der Waals surface area contributed by atoms with Gasteiger partial charge in [0, 0.05) is 62.2 Å². The first-order valence-corrected chi connectivity index (χ1v) is 13.5. The summed E-state index contributed by atoms with van der Waals surface area (Å²) in [6, 6.07) is 6.41. The zero-order valence-electron chi connectivity index (χ0n) is 23.3. The number of anilines is 3. The van der Waals surface area contributed by atoms with Crippen LogP contribution >= 0.6 is 0 Å². The van der Waals surface area contributed by atoms with Crippen LogP contribution in [0.3, 0.4) is 0 Å². The standard InChI is InChI=1S/C28H31F4N7O3/c1-16-14-39(15-17(2)37(16)3)24-12-21(29)18(22-4-5-25(36-35-22)38-6-8-42-9-7-38)10-23(24)34-27(41)19-13-33-26(40)11-20(19)28(30,31)32/h4-5,10-13,16-17H,6-9,14-15H2,1-3H3,(H,33,40)(H,34,41). The van der Waals surface area contributed by atoms with E-state index in [1.165, 1.54) is 12.1 Å².